The molecule has 1 aliphatic heterocycles. The Hall–Kier alpha value is -2.04. The van der Waals surface area contributed by atoms with E-state index in [9.17, 15) is 14.7 Å². The summed E-state index contributed by atoms with van der Waals surface area (Å²) < 4.78 is 5.34. The molecule has 1 heterocycles. The Balaban J connectivity index is 1.42. The van der Waals surface area contributed by atoms with Crippen LogP contribution in [-0.2, 0) is 16.0 Å². The van der Waals surface area contributed by atoms with Crippen molar-refractivity contribution in [3.63, 3.8) is 0 Å². The highest BCUT2D eigenvalue weighted by molar-refractivity contribution is 5.82. The van der Waals surface area contributed by atoms with Gasteiger partial charge in [0, 0.05) is 19.5 Å². The minimum absolute atomic E-state index is 0.00565. The van der Waals surface area contributed by atoms with Crippen LogP contribution in [0.25, 0.3) is 0 Å². The van der Waals surface area contributed by atoms with Gasteiger partial charge in [-0.15, -0.1) is 0 Å². The Morgan fingerprint density at radius 1 is 1.11 bits per heavy atom. The van der Waals surface area contributed by atoms with Gasteiger partial charge in [0.1, 0.15) is 5.75 Å². The molecule has 1 aromatic carbocycles. The molecule has 3 aliphatic carbocycles. The van der Waals surface area contributed by atoms with Crippen molar-refractivity contribution in [3.8, 4) is 5.75 Å². The predicted molar refractivity (Wildman–Crippen MR) is 101 cm³/mol. The molecule has 0 radical (unpaired) electrons. The number of likely N-dealkylation sites (tertiary alicyclic amines) is 1. The number of carboxylic acid groups (broad SMARTS) is 1. The van der Waals surface area contributed by atoms with E-state index in [-0.39, 0.29) is 12.3 Å². The molecule has 4 fully saturated rings. The first-order valence-electron chi connectivity index (χ1n) is 10.2. The summed E-state index contributed by atoms with van der Waals surface area (Å²) in [5.74, 6) is 1.92. The number of fused-ring (bicyclic) bond motifs is 2. The van der Waals surface area contributed by atoms with E-state index in [1.165, 1.54) is 25.7 Å². The van der Waals surface area contributed by atoms with Crippen LogP contribution in [-0.4, -0.2) is 42.1 Å². The van der Waals surface area contributed by atoms with E-state index in [0.717, 1.165) is 30.5 Å². The van der Waals surface area contributed by atoms with Gasteiger partial charge in [0.05, 0.1) is 13.0 Å². The van der Waals surface area contributed by atoms with Crippen molar-refractivity contribution in [2.45, 2.75) is 38.5 Å². The summed E-state index contributed by atoms with van der Waals surface area (Å²) in [4.78, 5) is 26.7. The third kappa shape index (κ3) is 3.56. The second-order valence-corrected chi connectivity index (χ2v) is 8.56. The molecule has 3 atom stereocenters. The van der Waals surface area contributed by atoms with Crippen molar-refractivity contribution < 1.29 is 19.4 Å². The van der Waals surface area contributed by atoms with Crippen LogP contribution in [0, 0.1) is 29.6 Å². The van der Waals surface area contributed by atoms with Crippen molar-refractivity contribution in [3.05, 3.63) is 29.8 Å². The van der Waals surface area contributed by atoms with E-state index in [1.54, 1.807) is 7.11 Å². The van der Waals surface area contributed by atoms with Crippen molar-refractivity contribution in [2.24, 2.45) is 29.6 Å². The van der Waals surface area contributed by atoms with Gasteiger partial charge in [-0.2, -0.15) is 0 Å². The number of carbonyl (C=O) groups is 2. The average Bonchev–Trinajstić information content (AvgIpc) is 3.16. The van der Waals surface area contributed by atoms with Crippen LogP contribution in [0.2, 0.25) is 0 Å². The van der Waals surface area contributed by atoms with Gasteiger partial charge in [0.2, 0.25) is 5.91 Å². The van der Waals surface area contributed by atoms with Crippen LogP contribution in [0.3, 0.4) is 0 Å². The van der Waals surface area contributed by atoms with Crippen molar-refractivity contribution in [1.29, 1.82) is 0 Å². The molecule has 1 saturated heterocycles. The largest absolute Gasteiger partial charge is 0.496 e. The summed E-state index contributed by atoms with van der Waals surface area (Å²) in [5, 5.41) is 9.68. The first kappa shape index (κ1) is 18.3. The van der Waals surface area contributed by atoms with Crippen LogP contribution < -0.4 is 4.74 Å². The van der Waals surface area contributed by atoms with Crippen LogP contribution in [0.4, 0.5) is 0 Å². The fourth-order valence-corrected chi connectivity index (χ4v) is 5.78. The van der Waals surface area contributed by atoms with E-state index in [1.807, 2.05) is 29.2 Å². The Labute approximate surface area is 160 Å². The number of methoxy groups -OCH3 is 1. The standard InChI is InChI=1S/C22H29NO4/c1-27-20-5-3-2-4-16(20)10-17(22(25)26)11-21(24)23-12-18-14-6-7-15(9-8-14)19(18)13-23/h2-5,14-15,17-19H,6-13H2,1H3,(H,25,26). The molecule has 1 N–H and O–H groups in total. The summed E-state index contributed by atoms with van der Waals surface area (Å²) >= 11 is 0. The van der Waals surface area contributed by atoms with Gasteiger partial charge >= 0.3 is 5.97 Å². The molecule has 0 spiro atoms. The molecule has 5 heteroatoms. The molecule has 1 aromatic rings. The average molecular weight is 371 g/mol. The third-order valence-corrected chi connectivity index (χ3v) is 7.22. The minimum atomic E-state index is -0.911. The monoisotopic (exact) mass is 371 g/mol. The number of aliphatic carboxylic acids is 1. The maximum Gasteiger partial charge on any atom is 0.307 e. The Bertz CT molecular complexity index is 690. The molecule has 5 rings (SSSR count). The minimum Gasteiger partial charge on any atom is -0.496 e. The second-order valence-electron chi connectivity index (χ2n) is 8.56. The van der Waals surface area contributed by atoms with E-state index in [4.69, 9.17) is 4.74 Å². The smallest absolute Gasteiger partial charge is 0.307 e. The predicted octanol–water partition coefficient (Wildman–Crippen LogP) is 3.22. The molecular formula is C22H29NO4. The summed E-state index contributed by atoms with van der Waals surface area (Å²) in [7, 11) is 1.58. The molecule has 2 bridgehead atoms. The van der Waals surface area contributed by atoms with E-state index < -0.39 is 11.9 Å². The van der Waals surface area contributed by atoms with E-state index in [2.05, 4.69) is 0 Å². The van der Waals surface area contributed by atoms with Gasteiger partial charge in [-0.1, -0.05) is 18.2 Å². The van der Waals surface area contributed by atoms with E-state index >= 15 is 0 Å². The number of carbonyl (C=O) groups excluding carboxylic acids is 1. The molecule has 27 heavy (non-hydrogen) atoms. The molecule has 146 valence electrons. The lowest BCUT2D eigenvalue weighted by molar-refractivity contribution is -0.145. The number of hydrogen-bond donors (Lipinski definition) is 1. The second kappa shape index (κ2) is 7.53. The van der Waals surface area contributed by atoms with Gasteiger partial charge in [-0.3, -0.25) is 9.59 Å². The fraction of sp³-hybridized carbons (Fsp3) is 0.636. The highest BCUT2D eigenvalue weighted by atomic mass is 16.5. The lowest BCUT2D eigenvalue weighted by Crippen LogP contribution is -2.38. The topological polar surface area (TPSA) is 66.8 Å². The molecule has 0 aromatic heterocycles. The Kier molecular flexibility index (Phi) is 5.11. The summed E-state index contributed by atoms with van der Waals surface area (Å²) in [6, 6.07) is 7.45. The van der Waals surface area contributed by atoms with Gasteiger partial charge in [-0.05, 0) is 67.4 Å². The normalized spacial score (nSPS) is 30.0. The first-order chi connectivity index (χ1) is 13.1. The molecule has 3 unspecified atom stereocenters. The zero-order valence-corrected chi connectivity index (χ0v) is 16.0. The number of carboxylic acids is 1. The number of rotatable bonds is 6. The van der Waals surface area contributed by atoms with Crippen LogP contribution in [0.5, 0.6) is 5.75 Å². The first-order valence-corrected chi connectivity index (χ1v) is 10.2. The maximum absolute atomic E-state index is 12.9. The molecule has 5 nitrogen and oxygen atoms in total. The SMILES string of the molecule is COc1ccccc1CC(CC(=O)N1CC2C3CCC(CC3)C2C1)C(=O)O. The molecule has 4 aliphatic rings. The lowest BCUT2D eigenvalue weighted by atomic mass is 9.60. The summed E-state index contributed by atoms with van der Waals surface area (Å²) in [5.41, 5.74) is 0.841. The number of amides is 1. The number of benzene rings is 1. The number of hydrogen-bond acceptors (Lipinski definition) is 3. The molecular weight excluding hydrogens is 342 g/mol. The number of nitrogens with zero attached hydrogens (tertiary/aromatic N) is 1. The zero-order valence-electron chi connectivity index (χ0n) is 16.0. The van der Waals surface area contributed by atoms with Crippen LogP contribution in [0.15, 0.2) is 24.3 Å². The number of ether oxygens (including phenoxy) is 1. The van der Waals surface area contributed by atoms with Crippen molar-refractivity contribution in [2.75, 3.05) is 20.2 Å². The quantitative estimate of drug-likeness (QED) is 0.834. The zero-order chi connectivity index (χ0) is 19.0. The van der Waals surface area contributed by atoms with Gasteiger partial charge in [-0.25, -0.2) is 0 Å². The maximum atomic E-state index is 12.9. The lowest BCUT2D eigenvalue weighted by Gasteiger charge is -2.44. The number of para-hydroxylation sites is 1. The van der Waals surface area contributed by atoms with Crippen molar-refractivity contribution in [1.82, 2.24) is 4.90 Å². The van der Waals surface area contributed by atoms with Crippen molar-refractivity contribution >= 4 is 11.9 Å². The summed E-state index contributed by atoms with van der Waals surface area (Å²) in [6.07, 6.45) is 5.66. The third-order valence-electron chi connectivity index (χ3n) is 7.22. The van der Waals surface area contributed by atoms with Crippen LogP contribution in [0.1, 0.15) is 37.7 Å². The Morgan fingerprint density at radius 3 is 2.26 bits per heavy atom. The molecule has 1 amide bonds. The Morgan fingerprint density at radius 2 is 1.70 bits per heavy atom. The highest BCUT2D eigenvalue weighted by Gasteiger charge is 2.49. The van der Waals surface area contributed by atoms with Gasteiger partial charge < -0.3 is 14.7 Å². The highest BCUT2D eigenvalue weighted by Crippen LogP contribution is 2.51. The van der Waals surface area contributed by atoms with Crippen LogP contribution >= 0.6 is 0 Å². The molecule has 3 saturated carbocycles. The van der Waals surface area contributed by atoms with Gasteiger partial charge in [0.15, 0.2) is 0 Å². The summed E-state index contributed by atoms with van der Waals surface area (Å²) in [6.45, 7) is 1.68. The fourth-order valence-electron chi connectivity index (χ4n) is 5.78. The van der Waals surface area contributed by atoms with Gasteiger partial charge in [0.25, 0.3) is 0 Å². The van der Waals surface area contributed by atoms with E-state index in [0.29, 0.717) is 24.0 Å².